The van der Waals surface area contributed by atoms with E-state index < -0.39 is 23.1 Å². The van der Waals surface area contributed by atoms with Gasteiger partial charge in [0.15, 0.2) is 0 Å². The van der Waals surface area contributed by atoms with Crippen molar-refractivity contribution in [3.63, 3.8) is 0 Å². The lowest BCUT2D eigenvalue weighted by molar-refractivity contribution is 0.0526. The molecule has 1 aliphatic rings. The highest BCUT2D eigenvalue weighted by Gasteiger charge is 2.29. The average Bonchev–Trinajstić information content (AvgIpc) is 2.99. The van der Waals surface area contributed by atoms with E-state index in [1.165, 1.54) is 31.6 Å². The molecule has 0 bridgehead atoms. The van der Waals surface area contributed by atoms with Crippen molar-refractivity contribution in [1.29, 1.82) is 0 Å². The van der Waals surface area contributed by atoms with Crippen LogP contribution in [0.5, 0.6) is 0 Å². The van der Waals surface area contributed by atoms with Crippen LogP contribution in [0, 0.1) is 0 Å². The van der Waals surface area contributed by atoms with E-state index in [4.69, 9.17) is 4.74 Å². The van der Waals surface area contributed by atoms with Crippen molar-refractivity contribution >= 4 is 28.2 Å². The number of nitrogens with one attached hydrogen (secondary N) is 1. The van der Waals surface area contributed by atoms with Crippen LogP contribution in [-0.2, 0) is 31.8 Å². The number of fused-ring (bicyclic) bond motifs is 1. The van der Waals surface area contributed by atoms with Gasteiger partial charge in [0.25, 0.3) is 11.5 Å². The van der Waals surface area contributed by atoms with Gasteiger partial charge in [-0.05, 0) is 26.0 Å². The normalized spacial score (nSPS) is 13.9. The Morgan fingerprint density at radius 2 is 1.96 bits per heavy atom. The molecule has 0 saturated carbocycles. The highest BCUT2D eigenvalue weighted by molar-refractivity contribution is 7.17. The van der Waals surface area contributed by atoms with Gasteiger partial charge in [0.2, 0.25) is 0 Å². The van der Waals surface area contributed by atoms with Crippen LogP contribution < -0.4 is 16.6 Å². The Kier molecular flexibility index (Phi) is 5.52. The van der Waals surface area contributed by atoms with Crippen molar-refractivity contribution in [3.8, 4) is 0 Å². The summed E-state index contributed by atoms with van der Waals surface area (Å²) in [6, 6.07) is 0. The molecule has 0 fully saturated rings. The number of esters is 1. The van der Waals surface area contributed by atoms with Gasteiger partial charge in [-0.3, -0.25) is 14.2 Å². The fourth-order valence-electron chi connectivity index (χ4n) is 3.17. The van der Waals surface area contributed by atoms with Gasteiger partial charge >= 0.3 is 11.7 Å². The number of aromatic nitrogens is 2. The highest BCUT2D eigenvalue weighted by atomic mass is 32.1. The third-order valence-corrected chi connectivity index (χ3v) is 5.78. The summed E-state index contributed by atoms with van der Waals surface area (Å²) in [6.45, 7) is 3.41. The number of carbonyl (C=O) groups is 2. The van der Waals surface area contributed by atoms with Crippen LogP contribution in [-0.4, -0.2) is 46.1 Å². The van der Waals surface area contributed by atoms with Crippen LogP contribution in [0.25, 0.3) is 0 Å². The largest absolute Gasteiger partial charge is 0.462 e. The molecule has 0 unspecified atom stereocenters. The van der Waals surface area contributed by atoms with Crippen LogP contribution in [0.15, 0.2) is 15.8 Å². The zero-order valence-electron chi connectivity index (χ0n) is 16.2. The van der Waals surface area contributed by atoms with Gasteiger partial charge in [0.1, 0.15) is 10.6 Å². The van der Waals surface area contributed by atoms with Gasteiger partial charge < -0.3 is 19.5 Å². The van der Waals surface area contributed by atoms with E-state index in [0.717, 1.165) is 26.1 Å². The maximum absolute atomic E-state index is 12.8. The van der Waals surface area contributed by atoms with E-state index in [-0.39, 0.29) is 12.2 Å². The molecule has 1 N–H and O–H groups in total. The first-order chi connectivity index (χ1) is 13.2. The van der Waals surface area contributed by atoms with Crippen LogP contribution in [0.3, 0.4) is 0 Å². The molecule has 0 aliphatic carbocycles. The molecule has 2 aromatic heterocycles. The zero-order chi connectivity index (χ0) is 20.6. The first-order valence-electron chi connectivity index (χ1n) is 8.82. The first-order valence-corrected chi connectivity index (χ1v) is 9.64. The fourth-order valence-corrected chi connectivity index (χ4v) is 4.48. The lowest BCUT2D eigenvalue weighted by Crippen LogP contribution is -2.40. The third kappa shape index (κ3) is 3.52. The molecule has 0 atom stereocenters. The number of thiophene rings is 1. The Labute approximate surface area is 165 Å². The fraction of sp³-hybridized carbons (Fsp3) is 0.444. The van der Waals surface area contributed by atoms with Crippen LogP contribution in [0.1, 0.15) is 38.1 Å². The smallest absolute Gasteiger partial charge is 0.341 e. The summed E-state index contributed by atoms with van der Waals surface area (Å²) in [6.07, 6.45) is 1.87. The summed E-state index contributed by atoms with van der Waals surface area (Å²) in [7, 11) is 4.76. The molecular weight excluding hydrogens is 384 g/mol. The van der Waals surface area contributed by atoms with Crippen molar-refractivity contribution in [2.45, 2.75) is 19.9 Å². The van der Waals surface area contributed by atoms with Gasteiger partial charge in [-0.15, -0.1) is 11.3 Å². The number of nitrogens with zero attached hydrogens (tertiary/aromatic N) is 3. The Hall–Kier alpha value is -2.72. The number of carbonyl (C=O) groups excluding carboxylic acids is 2. The maximum Gasteiger partial charge on any atom is 0.341 e. The molecule has 2 aromatic rings. The van der Waals surface area contributed by atoms with Gasteiger partial charge in [0.05, 0.1) is 12.2 Å². The second kappa shape index (κ2) is 7.72. The maximum atomic E-state index is 12.8. The zero-order valence-corrected chi connectivity index (χ0v) is 17.0. The molecule has 1 aliphatic heterocycles. The van der Waals surface area contributed by atoms with Crippen LogP contribution in [0.4, 0.5) is 5.00 Å². The van der Waals surface area contributed by atoms with Gasteiger partial charge in [0, 0.05) is 38.3 Å². The molecule has 28 heavy (non-hydrogen) atoms. The first kappa shape index (κ1) is 20.0. The second-order valence-electron chi connectivity index (χ2n) is 6.67. The van der Waals surface area contributed by atoms with Crippen molar-refractivity contribution in [2.24, 2.45) is 14.1 Å². The minimum atomic E-state index is -0.695. The van der Waals surface area contributed by atoms with Crippen molar-refractivity contribution < 1.29 is 14.3 Å². The number of anilines is 1. The summed E-state index contributed by atoms with van der Waals surface area (Å²) in [5.41, 5.74) is -0.166. The van der Waals surface area contributed by atoms with Crippen LogP contribution in [0.2, 0.25) is 0 Å². The summed E-state index contributed by atoms with van der Waals surface area (Å²) >= 11 is 1.31. The summed E-state index contributed by atoms with van der Waals surface area (Å²) in [5, 5.41) is 3.05. The predicted molar refractivity (Wildman–Crippen MR) is 105 cm³/mol. The molecular formula is C18H22N4O5S. The highest BCUT2D eigenvalue weighted by Crippen LogP contribution is 2.37. The summed E-state index contributed by atoms with van der Waals surface area (Å²) < 4.78 is 7.21. The minimum absolute atomic E-state index is 0.178. The Bertz CT molecular complexity index is 1070. The van der Waals surface area contributed by atoms with E-state index in [2.05, 4.69) is 10.2 Å². The molecule has 9 nitrogen and oxygen atoms in total. The lowest BCUT2D eigenvalue weighted by atomic mass is 10.0. The molecule has 10 heteroatoms. The van der Waals surface area contributed by atoms with Gasteiger partial charge in [-0.25, -0.2) is 9.59 Å². The Morgan fingerprint density at radius 3 is 2.64 bits per heavy atom. The molecule has 3 rings (SSSR count). The number of rotatable bonds is 4. The predicted octanol–water partition coefficient (Wildman–Crippen LogP) is 0.562. The lowest BCUT2D eigenvalue weighted by Gasteiger charge is -2.22. The number of ether oxygens (including phenoxy) is 1. The quantitative estimate of drug-likeness (QED) is 0.745. The number of hydrogen-bond donors (Lipinski definition) is 1. The van der Waals surface area contributed by atoms with Gasteiger partial charge in [-0.2, -0.15) is 0 Å². The molecule has 1 amide bonds. The van der Waals surface area contributed by atoms with Crippen molar-refractivity contribution in [2.75, 3.05) is 25.5 Å². The monoisotopic (exact) mass is 406 g/mol. The van der Waals surface area contributed by atoms with E-state index in [9.17, 15) is 19.2 Å². The SMILES string of the molecule is CCOC(=O)c1c(NC(=O)c2cn(C)c(=O)n(C)c2=O)sc2c1CCN(C)C2. The van der Waals surface area contributed by atoms with E-state index in [0.29, 0.717) is 23.5 Å². The summed E-state index contributed by atoms with van der Waals surface area (Å²) in [5.74, 6) is -1.16. The minimum Gasteiger partial charge on any atom is -0.462 e. The molecule has 0 saturated heterocycles. The van der Waals surface area contributed by atoms with E-state index in [1.54, 1.807) is 6.92 Å². The van der Waals surface area contributed by atoms with E-state index >= 15 is 0 Å². The van der Waals surface area contributed by atoms with Gasteiger partial charge in [-0.1, -0.05) is 0 Å². The topological polar surface area (TPSA) is 103 Å². The number of likely N-dealkylation sites (N-methyl/N-ethyl adjacent to an activating group) is 1. The summed E-state index contributed by atoms with van der Waals surface area (Å²) in [4.78, 5) is 52.6. The number of hydrogen-bond acceptors (Lipinski definition) is 7. The second-order valence-corrected chi connectivity index (χ2v) is 7.78. The van der Waals surface area contributed by atoms with E-state index in [1.807, 2.05) is 7.05 Å². The van der Waals surface area contributed by atoms with Crippen molar-refractivity contribution in [1.82, 2.24) is 14.0 Å². The molecule has 0 spiro atoms. The van der Waals surface area contributed by atoms with Crippen LogP contribution >= 0.6 is 11.3 Å². The van der Waals surface area contributed by atoms with Crippen molar-refractivity contribution in [3.05, 3.63) is 48.6 Å². The standard InChI is InChI=1S/C18H22N4O5S/c1-5-27-17(25)13-10-6-7-20(2)9-12(10)28-15(13)19-14(23)11-8-21(3)18(26)22(4)16(11)24/h8H,5-7,9H2,1-4H3,(H,19,23). The molecule has 3 heterocycles. The molecule has 0 radical (unpaired) electrons. The number of amides is 1. The number of aryl methyl sites for hydroxylation is 1. The third-order valence-electron chi connectivity index (χ3n) is 4.65. The average molecular weight is 406 g/mol. The Morgan fingerprint density at radius 1 is 1.25 bits per heavy atom. The molecule has 150 valence electrons. The molecule has 0 aromatic carbocycles. The Balaban J connectivity index is 2.03.